The number of benzene rings is 2. The van der Waals surface area contributed by atoms with Gasteiger partial charge in [0.2, 0.25) is 0 Å². The molecule has 0 fully saturated rings. The van der Waals surface area contributed by atoms with Crippen LogP contribution >= 0.6 is 0 Å². The third-order valence-corrected chi connectivity index (χ3v) is 14.8. The second-order valence-electron chi connectivity index (χ2n) is 20.2. The summed E-state index contributed by atoms with van der Waals surface area (Å²) in [5.41, 5.74) is 0.344. The SMILES string of the molecule is CCCCCCCCCCCCCCCCCCCOC(=O)c1ccccc1C(=O)OCCCS(=O)(=O)[O-].CCCCCCCCCCCCCCCCCCCOC(=O)c1ccccc1C(=O)OCCCS(=O)(=O)[O-].[Ca+2]. The maximum absolute atomic E-state index is 12.5. The number of unbranched alkanes of at least 4 members (excludes halogenated alkanes) is 32. The standard InChI is InChI=1S/2C30H50O7S.Ca/c2*1-2-3-4-5-6-7-8-9-10-11-12-13-14-15-16-17-20-24-36-29(31)27-22-18-19-23-28(27)30(32)37-25-21-26-38(33,34)35;/h2*18-19,22-23H,2-17,20-21,24-26H2,1H3,(H,33,34,35);/q;;+2/p-2. The van der Waals surface area contributed by atoms with Gasteiger partial charge in [-0.25, -0.2) is 36.0 Å². The van der Waals surface area contributed by atoms with Crippen molar-refractivity contribution in [3.05, 3.63) is 70.8 Å². The summed E-state index contributed by atoms with van der Waals surface area (Å²) in [7, 11) is -8.71. The fourth-order valence-corrected chi connectivity index (χ4v) is 9.72. The van der Waals surface area contributed by atoms with E-state index in [2.05, 4.69) is 13.8 Å². The maximum atomic E-state index is 12.5. The molecule has 0 heterocycles. The van der Waals surface area contributed by atoms with Gasteiger partial charge in [-0.05, 0) is 49.9 Å². The van der Waals surface area contributed by atoms with Crippen LogP contribution in [0.15, 0.2) is 48.5 Å². The van der Waals surface area contributed by atoms with E-state index in [-0.39, 0.29) is 86.0 Å². The van der Waals surface area contributed by atoms with Crippen molar-refractivity contribution in [3.8, 4) is 0 Å². The van der Waals surface area contributed by atoms with Crippen molar-refractivity contribution in [2.75, 3.05) is 37.9 Å². The number of hydrogen-bond donors (Lipinski definition) is 0. The van der Waals surface area contributed by atoms with Crippen LogP contribution in [-0.2, 0) is 39.2 Å². The predicted octanol–water partition coefficient (Wildman–Crippen LogP) is 14.8. The molecule has 0 unspecified atom stereocenters. The number of hydrogen-bond acceptors (Lipinski definition) is 14. The largest absolute Gasteiger partial charge is 2.00 e. The molecular formula is C60H98CaO14S2. The van der Waals surface area contributed by atoms with Crippen LogP contribution in [0.1, 0.15) is 286 Å². The summed E-state index contributed by atoms with van der Waals surface area (Å²) in [6, 6.07) is 12.4. The van der Waals surface area contributed by atoms with Crippen molar-refractivity contribution in [1.29, 1.82) is 0 Å². The first kappa shape index (κ1) is 74.4. The molecule has 0 N–H and O–H groups in total. The summed E-state index contributed by atoms with van der Waals surface area (Å²) in [6.45, 7) is 4.67. The Morgan fingerprint density at radius 3 is 0.662 bits per heavy atom. The molecule has 0 aliphatic carbocycles. The van der Waals surface area contributed by atoms with Gasteiger partial charge in [-0.2, -0.15) is 0 Å². The summed E-state index contributed by atoms with van der Waals surface area (Å²) >= 11 is 0. The van der Waals surface area contributed by atoms with Crippen LogP contribution in [0.25, 0.3) is 0 Å². The zero-order valence-electron chi connectivity index (χ0n) is 47.6. The average Bonchev–Trinajstić information content (AvgIpc) is 3.39. The Labute approximate surface area is 495 Å². The molecule has 436 valence electrons. The Bertz CT molecular complexity index is 1890. The molecular weight excluding hydrogens is 1050 g/mol. The molecule has 0 bridgehead atoms. The van der Waals surface area contributed by atoms with Crippen molar-refractivity contribution >= 4 is 81.9 Å². The maximum Gasteiger partial charge on any atom is 2.00 e. The van der Waals surface area contributed by atoms with Crippen LogP contribution < -0.4 is 0 Å². The van der Waals surface area contributed by atoms with E-state index in [0.29, 0.717) is 13.2 Å². The Balaban J connectivity index is 0.00000148. The molecule has 0 radical (unpaired) electrons. The molecule has 2 rings (SSSR count). The van der Waals surface area contributed by atoms with Gasteiger partial charge in [0.25, 0.3) is 0 Å². The van der Waals surface area contributed by atoms with E-state index in [0.717, 1.165) is 38.5 Å². The zero-order chi connectivity index (χ0) is 55.8. The van der Waals surface area contributed by atoms with Crippen molar-refractivity contribution in [1.82, 2.24) is 0 Å². The van der Waals surface area contributed by atoms with E-state index in [4.69, 9.17) is 18.9 Å². The van der Waals surface area contributed by atoms with Crippen LogP contribution in [0, 0.1) is 0 Å². The first-order chi connectivity index (χ1) is 36.7. The van der Waals surface area contributed by atoms with Gasteiger partial charge in [0.05, 0.1) is 68.9 Å². The third kappa shape index (κ3) is 44.8. The normalized spacial score (nSPS) is 11.3. The van der Waals surface area contributed by atoms with Gasteiger partial charge >= 0.3 is 61.6 Å². The molecule has 0 aromatic heterocycles. The van der Waals surface area contributed by atoms with Crippen LogP contribution in [0.4, 0.5) is 0 Å². The number of carbonyl (C=O) groups is 4. The van der Waals surface area contributed by atoms with Crippen LogP contribution in [0.2, 0.25) is 0 Å². The molecule has 77 heavy (non-hydrogen) atoms. The first-order valence-corrected chi connectivity index (χ1v) is 32.6. The van der Waals surface area contributed by atoms with Gasteiger partial charge in [0, 0.05) is 11.5 Å². The van der Waals surface area contributed by atoms with E-state index in [1.54, 1.807) is 24.3 Å². The second-order valence-corrected chi connectivity index (χ2v) is 23.2. The molecule has 0 saturated heterocycles. The van der Waals surface area contributed by atoms with E-state index >= 15 is 0 Å². The Kier molecular flexibility index (Phi) is 48.7. The van der Waals surface area contributed by atoms with E-state index in [1.165, 1.54) is 204 Å². The van der Waals surface area contributed by atoms with E-state index in [1.807, 2.05) is 0 Å². The Hall–Kier alpha value is -2.60. The first-order valence-electron chi connectivity index (χ1n) is 29.4. The summed E-state index contributed by atoms with van der Waals surface area (Å²) < 4.78 is 84.5. The predicted molar refractivity (Wildman–Crippen MR) is 306 cm³/mol. The third-order valence-electron chi connectivity index (χ3n) is 13.2. The van der Waals surface area contributed by atoms with Gasteiger partial charge in [-0.15, -0.1) is 0 Å². The minimum absolute atomic E-state index is 0. The van der Waals surface area contributed by atoms with E-state index < -0.39 is 55.6 Å². The molecule has 14 nitrogen and oxygen atoms in total. The topological polar surface area (TPSA) is 220 Å². The van der Waals surface area contributed by atoms with Crippen LogP contribution in [0.5, 0.6) is 0 Å². The number of esters is 4. The molecule has 0 spiro atoms. The van der Waals surface area contributed by atoms with Crippen molar-refractivity contribution in [2.45, 2.75) is 245 Å². The monoisotopic (exact) mass is 1150 g/mol. The molecule has 0 aliphatic rings. The van der Waals surface area contributed by atoms with Gasteiger partial charge in [0.1, 0.15) is 0 Å². The summed E-state index contributed by atoms with van der Waals surface area (Å²) in [4.78, 5) is 49.5. The van der Waals surface area contributed by atoms with Gasteiger partial charge in [0.15, 0.2) is 0 Å². The molecule has 2 aromatic rings. The smallest absolute Gasteiger partial charge is 0.748 e. The molecule has 0 atom stereocenters. The van der Waals surface area contributed by atoms with Gasteiger partial charge in [-0.3, -0.25) is 0 Å². The number of ether oxygens (including phenoxy) is 4. The van der Waals surface area contributed by atoms with Crippen molar-refractivity contribution < 1.29 is 64.1 Å². The number of rotatable bonds is 48. The minimum atomic E-state index is -4.36. The van der Waals surface area contributed by atoms with Gasteiger partial charge in [-0.1, -0.05) is 244 Å². The fourth-order valence-electron chi connectivity index (χ4n) is 8.77. The fraction of sp³-hybridized carbons (Fsp3) is 0.733. The quantitative estimate of drug-likeness (QED) is 0.0198. The number of carbonyl (C=O) groups excluding carboxylic acids is 4. The van der Waals surface area contributed by atoms with Crippen molar-refractivity contribution in [3.63, 3.8) is 0 Å². The summed E-state index contributed by atoms with van der Waals surface area (Å²) in [6.07, 6.45) is 43.4. The van der Waals surface area contributed by atoms with Crippen LogP contribution in [-0.4, -0.2) is 125 Å². The zero-order valence-corrected chi connectivity index (χ0v) is 51.4. The molecule has 0 aliphatic heterocycles. The molecule has 0 saturated carbocycles. The Morgan fingerprint density at radius 2 is 0.481 bits per heavy atom. The molecule has 0 amide bonds. The molecule has 2 aromatic carbocycles. The second kappa shape index (κ2) is 50.4. The van der Waals surface area contributed by atoms with E-state index in [9.17, 15) is 45.1 Å². The molecule has 17 heteroatoms. The van der Waals surface area contributed by atoms with Gasteiger partial charge < -0.3 is 28.1 Å². The summed E-state index contributed by atoms with van der Waals surface area (Å²) in [5.74, 6) is -3.89. The summed E-state index contributed by atoms with van der Waals surface area (Å²) in [5, 5.41) is 0. The van der Waals surface area contributed by atoms with Crippen molar-refractivity contribution in [2.24, 2.45) is 0 Å². The Morgan fingerprint density at radius 1 is 0.312 bits per heavy atom. The van der Waals surface area contributed by atoms with Crippen LogP contribution in [0.3, 0.4) is 0 Å². The average molecular weight is 1150 g/mol. The minimum Gasteiger partial charge on any atom is -0.748 e.